The smallest absolute Gasteiger partial charge is 0.333 e. The Bertz CT molecular complexity index is 229. The molecular weight excluding hydrogens is 180 g/mol. The number of carboxylic acid groups (broad SMARTS) is 1. The van der Waals surface area contributed by atoms with E-state index in [4.69, 9.17) is 9.84 Å². The number of aliphatic carboxylic acids is 1. The Labute approximate surface area is 84.8 Å². The van der Waals surface area contributed by atoms with E-state index in [1.54, 1.807) is 0 Å². The summed E-state index contributed by atoms with van der Waals surface area (Å²) in [6, 6.07) is 0. The summed E-state index contributed by atoms with van der Waals surface area (Å²) in [5.74, 6) is -0.855. The molecule has 3 nitrogen and oxygen atoms in total. The molecule has 0 aromatic carbocycles. The Morgan fingerprint density at radius 2 is 2.29 bits per heavy atom. The van der Waals surface area contributed by atoms with Gasteiger partial charge in [-0.25, -0.2) is 4.79 Å². The van der Waals surface area contributed by atoms with Gasteiger partial charge in [0.25, 0.3) is 0 Å². The molecule has 1 aliphatic carbocycles. The van der Waals surface area contributed by atoms with Crippen LogP contribution in [0.25, 0.3) is 0 Å². The van der Waals surface area contributed by atoms with E-state index in [0.29, 0.717) is 0 Å². The normalized spacial score (nSPS) is 21.0. The number of carbonyl (C=O) groups is 1. The fourth-order valence-electron chi connectivity index (χ4n) is 1.73. The molecule has 1 saturated carbocycles. The molecule has 0 radical (unpaired) electrons. The minimum absolute atomic E-state index is 0.213. The predicted octanol–water partition coefficient (Wildman–Crippen LogP) is 2.22. The van der Waals surface area contributed by atoms with Crippen LogP contribution in [0, 0.1) is 5.41 Å². The molecule has 3 heteroatoms. The first kappa shape index (κ1) is 11.2. The number of hydrogen-bond acceptors (Lipinski definition) is 2. The van der Waals surface area contributed by atoms with Crippen LogP contribution in [0.5, 0.6) is 0 Å². The van der Waals surface area contributed by atoms with E-state index in [2.05, 4.69) is 13.0 Å². The van der Waals surface area contributed by atoms with Crippen molar-refractivity contribution in [2.24, 2.45) is 5.41 Å². The minimum atomic E-state index is -0.855. The van der Waals surface area contributed by atoms with E-state index in [1.165, 1.54) is 7.11 Å². The van der Waals surface area contributed by atoms with Gasteiger partial charge in [0.15, 0.2) is 6.10 Å². The Balaban J connectivity index is 2.59. The molecule has 0 bridgehead atoms. The molecule has 0 heterocycles. The summed E-state index contributed by atoms with van der Waals surface area (Å²) in [6.45, 7) is 2.11. The van der Waals surface area contributed by atoms with Crippen molar-refractivity contribution in [3.05, 3.63) is 12.2 Å². The highest BCUT2D eigenvalue weighted by Gasteiger charge is 2.51. The molecule has 0 aliphatic heterocycles. The van der Waals surface area contributed by atoms with Gasteiger partial charge in [-0.15, -0.1) is 0 Å². The van der Waals surface area contributed by atoms with Crippen LogP contribution < -0.4 is 0 Å². The van der Waals surface area contributed by atoms with Gasteiger partial charge in [0.2, 0.25) is 0 Å². The summed E-state index contributed by atoms with van der Waals surface area (Å²) in [7, 11) is 1.46. The molecule has 0 saturated heterocycles. The molecule has 1 N–H and O–H groups in total. The lowest BCUT2D eigenvalue weighted by molar-refractivity contribution is -0.151. The van der Waals surface area contributed by atoms with Crippen molar-refractivity contribution in [2.45, 2.75) is 38.7 Å². The summed E-state index contributed by atoms with van der Waals surface area (Å²) in [5, 5.41) is 8.95. The second-order valence-corrected chi connectivity index (χ2v) is 3.88. The fraction of sp³-hybridized carbons (Fsp3) is 0.727. The summed E-state index contributed by atoms with van der Waals surface area (Å²) in [6.07, 6.45) is 7.39. The molecule has 1 fully saturated rings. The van der Waals surface area contributed by atoms with Crippen molar-refractivity contribution in [1.29, 1.82) is 0 Å². The molecule has 0 amide bonds. The van der Waals surface area contributed by atoms with Gasteiger partial charge in [-0.05, 0) is 19.3 Å². The molecule has 0 spiro atoms. The zero-order chi connectivity index (χ0) is 10.6. The monoisotopic (exact) mass is 198 g/mol. The Hall–Kier alpha value is -0.830. The van der Waals surface area contributed by atoms with Crippen molar-refractivity contribution in [1.82, 2.24) is 0 Å². The van der Waals surface area contributed by atoms with E-state index in [-0.39, 0.29) is 5.41 Å². The third-order valence-corrected chi connectivity index (χ3v) is 2.71. The van der Waals surface area contributed by atoms with Crippen molar-refractivity contribution in [2.75, 3.05) is 7.11 Å². The standard InChI is InChI=1S/C11H18O3/c1-3-4-5-6-11(7-8-11)9(14-2)10(12)13/h5-6,9H,3-4,7-8H2,1-2H3,(H,12,13)/b6-5-. The van der Waals surface area contributed by atoms with Crippen LogP contribution in [0.15, 0.2) is 12.2 Å². The number of hydrogen-bond donors (Lipinski definition) is 1. The molecule has 0 aromatic rings. The predicted molar refractivity (Wildman–Crippen MR) is 54.1 cm³/mol. The number of methoxy groups -OCH3 is 1. The third kappa shape index (κ3) is 2.35. The highest BCUT2D eigenvalue weighted by molar-refractivity contribution is 5.74. The van der Waals surface area contributed by atoms with Crippen LogP contribution in [0.2, 0.25) is 0 Å². The summed E-state index contributed by atoms with van der Waals surface area (Å²) in [4.78, 5) is 10.9. The van der Waals surface area contributed by atoms with Crippen LogP contribution in [0.3, 0.4) is 0 Å². The van der Waals surface area contributed by atoms with Crippen LogP contribution in [-0.2, 0) is 9.53 Å². The first-order valence-electron chi connectivity index (χ1n) is 5.09. The second-order valence-electron chi connectivity index (χ2n) is 3.88. The van der Waals surface area contributed by atoms with Gasteiger partial charge < -0.3 is 9.84 Å². The lowest BCUT2D eigenvalue weighted by atomic mass is 9.98. The number of rotatable bonds is 6. The van der Waals surface area contributed by atoms with Gasteiger partial charge in [0, 0.05) is 12.5 Å². The summed E-state index contributed by atoms with van der Waals surface area (Å²) < 4.78 is 5.02. The maximum atomic E-state index is 10.9. The average Bonchev–Trinajstić information content (AvgIpc) is 2.87. The molecule has 1 unspecified atom stereocenters. The topological polar surface area (TPSA) is 46.5 Å². The molecule has 14 heavy (non-hydrogen) atoms. The van der Waals surface area contributed by atoms with Crippen molar-refractivity contribution in [3.63, 3.8) is 0 Å². The zero-order valence-corrected chi connectivity index (χ0v) is 8.82. The van der Waals surface area contributed by atoms with Crippen LogP contribution in [0.1, 0.15) is 32.6 Å². The fourth-order valence-corrected chi connectivity index (χ4v) is 1.73. The molecule has 1 aliphatic rings. The van der Waals surface area contributed by atoms with Crippen LogP contribution >= 0.6 is 0 Å². The third-order valence-electron chi connectivity index (χ3n) is 2.71. The molecule has 1 rings (SSSR count). The number of allylic oxidation sites excluding steroid dienone is 1. The van der Waals surface area contributed by atoms with Crippen molar-refractivity contribution < 1.29 is 14.6 Å². The number of ether oxygens (including phenoxy) is 1. The second kappa shape index (κ2) is 4.60. The lowest BCUT2D eigenvalue weighted by Crippen LogP contribution is -2.31. The van der Waals surface area contributed by atoms with Gasteiger partial charge in [-0.2, -0.15) is 0 Å². The molecular formula is C11H18O3. The van der Waals surface area contributed by atoms with Crippen LogP contribution in [0.4, 0.5) is 0 Å². The first-order chi connectivity index (χ1) is 6.66. The van der Waals surface area contributed by atoms with E-state index in [9.17, 15) is 4.79 Å². The maximum absolute atomic E-state index is 10.9. The highest BCUT2D eigenvalue weighted by atomic mass is 16.5. The SMILES string of the molecule is CCC/C=C\C1(C(OC)C(=O)O)CC1. The highest BCUT2D eigenvalue weighted by Crippen LogP contribution is 2.51. The first-order valence-corrected chi connectivity index (χ1v) is 5.09. The van der Waals surface area contributed by atoms with E-state index in [1.807, 2.05) is 6.08 Å². The van der Waals surface area contributed by atoms with Crippen LogP contribution in [-0.4, -0.2) is 24.3 Å². The van der Waals surface area contributed by atoms with Gasteiger partial charge >= 0.3 is 5.97 Å². The Morgan fingerprint density at radius 1 is 1.64 bits per heavy atom. The maximum Gasteiger partial charge on any atom is 0.333 e. The van der Waals surface area contributed by atoms with Crippen molar-refractivity contribution in [3.8, 4) is 0 Å². The zero-order valence-electron chi connectivity index (χ0n) is 8.82. The molecule has 80 valence electrons. The number of carboxylic acids is 1. The summed E-state index contributed by atoms with van der Waals surface area (Å²) >= 11 is 0. The van der Waals surface area contributed by atoms with Gasteiger partial charge in [0.1, 0.15) is 0 Å². The van der Waals surface area contributed by atoms with E-state index >= 15 is 0 Å². The average molecular weight is 198 g/mol. The summed E-state index contributed by atoms with van der Waals surface area (Å²) in [5.41, 5.74) is -0.213. The minimum Gasteiger partial charge on any atom is -0.479 e. The lowest BCUT2D eigenvalue weighted by Gasteiger charge is -2.18. The molecule has 0 aromatic heterocycles. The Kier molecular flexibility index (Phi) is 3.69. The largest absolute Gasteiger partial charge is 0.479 e. The quantitative estimate of drug-likeness (QED) is 0.666. The molecule has 1 atom stereocenters. The van der Waals surface area contributed by atoms with Crippen molar-refractivity contribution >= 4 is 5.97 Å². The van der Waals surface area contributed by atoms with E-state index in [0.717, 1.165) is 25.7 Å². The number of unbranched alkanes of at least 4 members (excludes halogenated alkanes) is 1. The van der Waals surface area contributed by atoms with E-state index < -0.39 is 12.1 Å². The van der Waals surface area contributed by atoms with Gasteiger partial charge in [-0.1, -0.05) is 25.5 Å². The van der Waals surface area contributed by atoms with Gasteiger partial charge in [0.05, 0.1) is 0 Å². The Morgan fingerprint density at radius 3 is 2.64 bits per heavy atom. The van der Waals surface area contributed by atoms with Gasteiger partial charge in [-0.3, -0.25) is 0 Å².